The molecule has 1 aliphatic rings. The van der Waals surface area contributed by atoms with Crippen molar-refractivity contribution in [3.8, 4) is 0 Å². The minimum Gasteiger partial charge on any atom is -0.346 e. The molecule has 1 rings (SSSR count). The van der Waals surface area contributed by atoms with Crippen molar-refractivity contribution in [2.75, 3.05) is 0 Å². The van der Waals surface area contributed by atoms with Crippen molar-refractivity contribution < 1.29 is 32.7 Å². The first-order valence-corrected chi connectivity index (χ1v) is 2.78. The molecule has 0 N–H and O–H groups in total. The second kappa shape index (κ2) is 8.45. The maximum atomic E-state index is 3.74. The van der Waals surface area contributed by atoms with Crippen LogP contribution in [-0.4, -0.2) is 0 Å². The maximum absolute atomic E-state index is 3.74. The Morgan fingerprint density at radius 2 is 2.00 bits per heavy atom. The molecule has 0 heterocycles. The summed E-state index contributed by atoms with van der Waals surface area (Å²) in [7, 11) is 0. The standard InChI is InChI=1S/C6H7.C2H5.Y/c1-6-4-2-3-5-6;1-2;/h2-4H,1,5H2;1H2,2H3;/q2*-1;+3. The fourth-order valence-electron chi connectivity index (χ4n) is 0.492. The Labute approximate surface area is 83.3 Å². The fourth-order valence-corrected chi connectivity index (χ4v) is 0.492. The van der Waals surface area contributed by atoms with Crippen LogP contribution < -0.4 is 0 Å². The van der Waals surface area contributed by atoms with Gasteiger partial charge in [0.2, 0.25) is 0 Å². The van der Waals surface area contributed by atoms with Crippen LogP contribution >= 0.6 is 0 Å². The van der Waals surface area contributed by atoms with Gasteiger partial charge in [-0.2, -0.15) is 6.92 Å². The van der Waals surface area contributed by atoms with E-state index in [1.165, 1.54) is 5.57 Å². The van der Waals surface area contributed by atoms with Crippen molar-refractivity contribution in [1.82, 2.24) is 0 Å². The molecule has 0 saturated heterocycles. The van der Waals surface area contributed by atoms with E-state index in [-0.39, 0.29) is 32.7 Å². The van der Waals surface area contributed by atoms with Crippen LogP contribution in [-0.2, 0) is 32.7 Å². The number of hydrogen-bond donors (Lipinski definition) is 0. The van der Waals surface area contributed by atoms with E-state index in [4.69, 9.17) is 0 Å². The summed E-state index contributed by atoms with van der Waals surface area (Å²) in [4.78, 5) is 0. The van der Waals surface area contributed by atoms with Crippen LogP contribution in [0.1, 0.15) is 13.3 Å². The molecule has 0 nitrogen and oxygen atoms in total. The van der Waals surface area contributed by atoms with E-state index in [9.17, 15) is 0 Å². The molecule has 0 amide bonds. The quantitative estimate of drug-likeness (QED) is 0.523. The monoisotopic (exact) mass is 197 g/mol. The van der Waals surface area contributed by atoms with Crippen LogP contribution in [0.25, 0.3) is 0 Å². The second-order valence-electron chi connectivity index (χ2n) is 1.46. The first-order chi connectivity index (χ1) is 3.89. The summed E-state index contributed by atoms with van der Waals surface area (Å²) < 4.78 is 0. The van der Waals surface area contributed by atoms with Crippen LogP contribution in [0.3, 0.4) is 0 Å². The maximum Gasteiger partial charge on any atom is 3.00 e. The van der Waals surface area contributed by atoms with Crippen molar-refractivity contribution in [2.24, 2.45) is 0 Å². The Bertz CT molecular complexity index is 101. The summed E-state index contributed by atoms with van der Waals surface area (Å²) in [5.74, 6) is 0. The molecule has 0 atom stereocenters. The zero-order chi connectivity index (χ0) is 6.41. The Kier molecular flexibility index (Phi) is 11.4. The van der Waals surface area contributed by atoms with Gasteiger partial charge in [0.15, 0.2) is 0 Å². The van der Waals surface area contributed by atoms with Crippen molar-refractivity contribution >= 4 is 0 Å². The van der Waals surface area contributed by atoms with Crippen molar-refractivity contribution in [1.29, 1.82) is 0 Å². The Morgan fingerprint density at radius 1 is 1.44 bits per heavy atom. The van der Waals surface area contributed by atoms with Gasteiger partial charge in [0.05, 0.1) is 0 Å². The van der Waals surface area contributed by atoms with E-state index in [0.29, 0.717) is 0 Å². The average Bonchev–Trinajstić information content (AvgIpc) is 2.24. The van der Waals surface area contributed by atoms with E-state index in [1.54, 1.807) is 6.92 Å². The fraction of sp³-hybridized carbons (Fsp3) is 0.250. The van der Waals surface area contributed by atoms with E-state index in [1.807, 2.05) is 12.2 Å². The SMILES string of the molecule is [CH2-]C.[CH2-]C1=CC=CC1.[Y+3]. The van der Waals surface area contributed by atoms with Crippen LogP contribution in [0.15, 0.2) is 23.8 Å². The van der Waals surface area contributed by atoms with E-state index >= 15 is 0 Å². The van der Waals surface area contributed by atoms with Gasteiger partial charge in [-0.1, -0.05) is 0 Å². The smallest absolute Gasteiger partial charge is 0.346 e. The Balaban J connectivity index is 0. The average molecular weight is 197 g/mol. The van der Waals surface area contributed by atoms with E-state index in [0.717, 1.165) is 6.42 Å². The molecule has 1 aliphatic carbocycles. The first-order valence-electron chi connectivity index (χ1n) is 2.78. The largest absolute Gasteiger partial charge is 3.00 e. The molecule has 0 aromatic rings. The third-order valence-corrected chi connectivity index (χ3v) is 0.848. The van der Waals surface area contributed by atoms with Gasteiger partial charge in [0.25, 0.3) is 0 Å². The number of allylic oxidation sites excluding steroid dienone is 4. The second-order valence-corrected chi connectivity index (χ2v) is 1.46. The van der Waals surface area contributed by atoms with E-state index < -0.39 is 0 Å². The van der Waals surface area contributed by atoms with Gasteiger partial charge in [0, 0.05) is 0 Å². The molecule has 46 valence electrons. The number of rotatable bonds is 0. The molecular formula is C8H12Y+. The summed E-state index contributed by atoms with van der Waals surface area (Å²) in [6, 6.07) is 0. The molecule has 1 heteroatoms. The molecule has 0 radical (unpaired) electrons. The van der Waals surface area contributed by atoms with Crippen LogP contribution in [0.4, 0.5) is 0 Å². The molecule has 0 saturated carbocycles. The Morgan fingerprint density at radius 3 is 2.11 bits per heavy atom. The van der Waals surface area contributed by atoms with Gasteiger partial charge in [-0.3, -0.25) is 0 Å². The molecular weight excluding hydrogens is 185 g/mol. The molecule has 0 bridgehead atoms. The van der Waals surface area contributed by atoms with Crippen LogP contribution in [0.5, 0.6) is 0 Å². The van der Waals surface area contributed by atoms with Gasteiger partial charge >= 0.3 is 32.7 Å². The van der Waals surface area contributed by atoms with Gasteiger partial charge in [0.1, 0.15) is 0 Å². The molecule has 0 unspecified atom stereocenters. The predicted octanol–water partition coefficient (Wildman–Crippen LogP) is 2.54. The minimum absolute atomic E-state index is 0. The summed E-state index contributed by atoms with van der Waals surface area (Å²) in [5.41, 5.74) is 1.22. The number of hydrogen-bond acceptors (Lipinski definition) is 0. The van der Waals surface area contributed by atoms with Gasteiger partial charge < -0.3 is 6.92 Å². The van der Waals surface area contributed by atoms with Gasteiger partial charge in [-0.05, 0) is 6.42 Å². The molecule has 0 aromatic carbocycles. The summed E-state index contributed by atoms with van der Waals surface area (Å²) >= 11 is 0. The third-order valence-electron chi connectivity index (χ3n) is 0.848. The van der Waals surface area contributed by atoms with Crippen molar-refractivity contribution in [2.45, 2.75) is 13.3 Å². The zero-order valence-corrected chi connectivity index (χ0v) is 8.77. The minimum atomic E-state index is 0. The first kappa shape index (κ1) is 12.2. The molecule has 0 fully saturated rings. The van der Waals surface area contributed by atoms with Crippen molar-refractivity contribution in [3.05, 3.63) is 37.6 Å². The topological polar surface area (TPSA) is 0 Å². The Hall–Kier alpha value is 0.454. The van der Waals surface area contributed by atoms with Crippen molar-refractivity contribution in [3.63, 3.8) is 0 Å². The zero-order valence-electron chi connectivity index (χ0n) is 5.93. The summed E-state index contributed by atoms with van der Waals surface area (Å²) in [6.45, 7) is 8.74. The van der Waals surface area contributed by atoms with Crippen LogP contribution in [0, 0.1) is 13.8 Å². The summed E-state index contributed by atoms with van der Waals surface area (Å²) in [5, 5.41) is 0. The van der Waals surface area contributed by atoms with Gasteiger partial charge in [-0.25, -0.2) is 18.6 Å². The molecule has 0 spiro atoms. The summed E-state index contributed by atoms with van der Waals surface area (Å²) in [6.07, 6.45) is 7.21. The molecule has 9 heavy (non-hydrogen) atoms. The molecule has 0 aromatic heterocycles. The third kappa shape index (κ3) is 6.34. The van der Waals surface area contributed by atoms with E-state index in [2.05, 4.69) is 19.9 Å². The molecule has 0 aliphatic heterocycles. The van der Waals surface area contributed by atoms with Gasteiger partial charge in [-0.15, -0.1) is 12.2 Å². The normalized spacial score (nSPS) is 12.9. The van der Waals surface area contributed by atoms with Crippen LogP contribution in [0.2, 0.25) is 0 Å². The predicted molar refractivity (Wildman–Crippen MR) is 38.2 cm³/mol.